The van der Waals surface area contributed by atoms with Gasteiger partial charge >= 0.3 is 0 Å². The molecule has 1 N–H and O–H groups in total. The van der Waals surface area contributed by atoms with Crippen LogP contribution in [0.15, 0.2) is 18.2 Å². The molecule has 0 aliphatic carbocycles. The van der Waals surface area contributed by atoms with Crippen molar-refractivity contribution in [3.8, 4) is 0 Å². The Balaban J connectivity index is 0. The van der Waals surface area contributed by atoms with Crippen LogP contribution in [0.3, 0.4) is 0 Å². The summed E-state index contributed by atoms with van der Waals surface area (Å²) in [6, 6.07) is 5.73. The van der Waals surface area contributed by atoms with Gasteiger partial charge in [0.25, 0.3) is 0 Å². The van der Waals surface area contributed by atoms with E-state index < -0.39 is 0 Å². The zero-order valence-corrected chi connectivity index (χ0v) is 14.4. The summed E-state index contributed by atoms with van der Waals surface area (Å²) in [6.07, 6.45) is 0. The molecule has 0 bridgehead atoms. The molecule has 0 aliphatic heterocycles. The minimum atomic E-state index is 0. The molecular weight excluding hydrogens is 326 g/mol. The monoisotopic (exact) mass is 346 g/mol. The van der Waals surface area contributed by atoms with E-state index in [2.05, 4.69) is 24.1 Å². The van der Waals surface area contributed by atoms with Gasteiger partial charge < -0.3 is 10.2 Å². The highest BCUT2D eigenvalue weighted by molar-refractivity contribution is 6.42. The topological polar surface area (TPSA) is 15.3 Å². The van der Waals surface area contributed by atoms with Gasteiger partial charge in [-0.1, -0.05) is 49.2 Å². The lowest BCUT2D eigenvalue weighted by molar-refractivity contribution is 0.302. The van der Waals surface area contributed by atoms with Gasteiger partial charge in [-0.05, 0) is 24.7 Å². The van der Waals surface area contributed by atoms with Crippen molar-refractivity contribution in [2.75, 3.05) is 26.2 Å². The van der Waals surface area contributed by atoms with Gasteiger partial charge in [0, 0.05) is 19.6 Å². The fourth-order valence-corrected chi connectivity index (χ4v) is 2.07. The van der Waals surface area contributed by atoms with Gasteiger partial charge in [0.15, 0.2) is 0 Å². The third-order valence-electron chi connectivity index (χ3n) is 2.85. The minimum Gasteiger partial charge on any atom is -0.311 e. The summed E-state index contributed by atoms with van der Waals surface area (Å²) in [5.74, 6) is 0. The molecule has 0 saturated carbocycles. The van der Waals surface area contributed by atoms with Crippen molar-refractivity contribution in [2.24, 2.45) is 0 Å². The molecule has 0 fully saturated rings. The molecule has 0 aromatic heterocycles. The number of rotatable bonds is 7. The molecule has 112 valence electrons. The first-order valence-electron chi connectivity index (χ1n) is 6.05. The lowest BCUT2D eigenvalue weighted by Gasteiger charge is -2.18. The van der Waals surface area contributed by atoms with E-state index in [9.17, 15) is 0 Å². The molecule has 0 amide bonds. The summed E-state index contributed by atoms with van der Waals surface area (Å²) in [5, 5.41) is 4.66. The Morgan fingerprint density at radius 1 is 1.11 bits per heavy atom. The predicted molar refractivity (Wildman–Crippen MR) is 90.5 cm³/mol. The number of benzene rings is 1. The summed E-state index contributed by atoms with van der Waals surface area (Å²) in [7, 11) is 0. The smallest absolute Gasteiger partial charge is 0.0637 e. The van der Waals surface area contributed by atoms with E-state index in [1.54, 1.807) is 0 Å². The second-order valence-corrected chi connectivity index (χ2v) is 4.70. The molecular formula is C13H22Cl4N2. The average molecular weight is 348 g/mol. The summed E-state index contributed by atoms with van der Waals surface area (Å²) in [6.45, 7) is 9.33. The number of nitrogens with one attached hydrogen (secondary N) is 1. The Morgan fingerprint density at radius 2 is 1.74 bits per heavy atom. The molecule has 0 saturated heterocycles. The molecule has 0 aliphatic rings. The average Bonchev–Trinajstić information content (AvgIpc) is 2.34. The van der Waals surface area contributed by atoms with Crippen molar-refractivity contribution < 1.29 is 0 Å². The van der Waals surface area contributed by atoms with E-state index in [1.807, 2.05) is 18.2 Å². The van der Waals surface area contributed by atoms with Crippen molar-refractivity contribution in [3.63, 3.8) is 0 Å². The summed E-state index contributed by atoms with van der Waals surface area (Å²) < 4.78 is 0. The van der Waals surface area contributed by atoms with Crippen molar-refractivity contribution in [3.05, 3.63) is 33.8 Å². The summed E-state index contributed by atoms with van der Waals surface area (Å²) in [4.78, 5) is 2.38. The minimum absolute atomic E-state index is 0. The number of likely N-dealkylation sites (N-methyl/N-ethyl adjacent to an activating group) is 1. The van der Waals surface area contributed by atoms with Crippen LogP contribution in [0.2, 0.25) is 10.0 Å². The highest BCUT2D eigenvalue weighted by Gasteiger charge is 2.04. The second-order valence-electron chi connectivity index (χ2n) is 3.92. The molecule has 1 aromatic rings. The van der Waals surface area contributed by atoms with Gasteiger partial charge in [0.1, 0.15) is 0 Å². The molecule has 1 aromatic carbocycles. The summed E-state index contributed by atoms with van der Waals surface area (Å²) >= 11 is 12.1. The standard InChI is InChI=1S/C13H20Cl2N2.2ClH/c1-3-17(4-2)9-8-16-10-11-6-5-7-12(14)13(11)15;;/h5-7,16H,3-4,8-10H2,1-2H3;2*1H. The maximum atomic E-state index is 6.11. The van der Waals surface area contributed by atoms with E-state index in [-0.39, 0.29) is 24.8 Å². The fraction of sp³-hybridized carbons (Fsp3) is 0.538. The lowest BCUT2D eigenvalue weighted by Crippen LogP contribution is -2.31. The third-order valence-corrected chi connectivity index (χ3v) is 3.70. The molecule has 19 heavy (non-hydrogen) atoms. The number of hydrogen-bond donors (Lipinski definition) is 1. The van der Waals surface area contributed by atoms with E-state index in [4.69, 9.17) is 23.2 Å². The van der Waals surface area contributed by atoms with Gasteiger partial charge in [0.05, 0.1) is 10.0 Å². The van der Waals surface area contributed by atoms with Crippen molar-refractivity contribution in [1.29, 1.82) is 0 Å². The van der Waals surface area contributed by atoms with Gasteiger partial charge in [-0.3, -0.25) is 0 Å². The fourth-order valence-electron chi connectivity index (χ4n) is 1.69. The number of halogens is 4. The zero-order chi connectivity index (χ0) is 12.7. The van der Waals surface area contributed by atoms with E-state index in [1.165, 1.54) is 0 Å². The molecule has 0 spiro atoms. The van der Waals surface area contributed by atoms with Crippen LogP contribution in [-0.4, -0.2) is 31.1 Å². The van der Waals surface area contributed by atoms with Crippen LogP contribution in [0.4, 0.5) is 0 Å². The van der Waals surface area contributed by atoms with E-state index in [0.29, 0.717) is 10.0 Å². The van der Waals surface area contributed by atoms with E-state index >= 15 is 0 Å². The van der Waals surface area contributed by atoms with E-state index in [0.717, 1.165) is 38.3 Å². The number of hydrogen-bond acceptors (Lipinski definition) is 2. The first kappa shape index (κ1) is 21.6. The van der Waals surface area contributed by atoms with Gasteiger partial charge in [0.2, 0.25) is 0 Å². The maximum absolute atomic E-state index is 6.11. The Bertz CT molecular complexity index is 343. The second kappa shape index (κ2) is 12.1. The Hall–Kier alpha value is 0.300. The van der Waals surface area contributed by atoms with Gasteiger partial charge in [-0.25, -0.2) is 0 Å². The molecule has 1 rings (SSSR count). The Morgan fingerprint density at radius 3 is 2.32 bits per heavy atom. The normalized spacial score (nSPS) is 9.95. The van der Waals surface area contributed by atoms with Crippen molar-refractivity contribution >= 4 is 48.0 Å². The van der Waals surface area contributed by atoms with Gasteiger partial charge in [-0.2, -0.15) is 0 Å². The quantitative estimate of drug-likeness (QED) is 0.741. The maximum Gasteiger partial charge on any atom is 0.0637 e. The van der Waals surface area contributed by atoms with Crippen LogP contribution in [0, 0.1) is 0 Å². The molecule has 0 atom stereocenters. The van der Waals surface area contributed by atoms with Crippen molar-refractivity contribution in [2.45, 2.75) is 20.4 Å². The van der Waals surface area contributed by atoms with Crippen LogP contribution < -0.4 is 5.32 Å². The molecule has 6 heteroatoms. The zero-order valence-electron chi connectivity index (χ0n) is 11.3. The Kier molecular flexibility index (Phi) is 13.7. The van der Waals surface area contributed by atoms with Gasteiger partial charge in [-0.15, -0.1) is 24.8 Å². The van der Waals surface area contributed by atoms with Crippen LogP contribution in [-0.2, 0) is 6.54 Å². The molecule has 0 unspecified atom stereocenters. The Labute approximate surface area is 138 Å². The van der Waals surface area contributed by atoms with Crippen LogP contribution in [0.5, 0.6) is 0 Å². The molecule has 0 heterocycles. The van der Waals surface area contributed by atoms with Crippen LogP contribution in [0.25, 0.3) is 0 Å². The van der Waals surface area contributed by atoms with Crippen molar-refractivity contribution in [1.82, 2.24) is 10.2 Å². The van der Waals surface area contributed by atoms with Crippen LogP contribution in [0.1, 0.15) is 19.4 Å². The highest BCUT2D eigenvalue weighted by atomic mass is 35.5. The predicted octanol–water partition coefficient (Wildman–Crippen LogP) is 4.27. The largest absolute Gasteiger partial charge is 0.311 e. The first-order valence-corrected chi connectivity index (χ1v) is 6.80. The number of nitrogens with zero attached hydrogens (tertiary/aromatic N) is 1. The lowest BCUT2D eigenvalue weighted by atomic mass is 10.2. The SMILES string of the molecule is CCN(CC)CCNCc1cccc(Cl)c1Cl.Cl.Cl. The summed E-state index contributed by atoms with van der Waals surface area (Å²) in [5.41, 5.74) is 1.05. The molecule has 2 nitrogen and oxygen atoms in total. The van der Waals surface area contributed by atoms with Crippen LogP contribution >= 0.6 is 48.0 Å². The molecule has 0 radical (unpaired) electrons. The first-order chi connectivity index (χ1) is 8.19. The third kappa shape index (κ3) is 7.60. The highest BCUT2D eigenvalue weighted by Crippen LogP contribution is 2.25.